The number of hydrogen-bond acceptors (Lipinski definition) is 2. The maximum atomic E-state index is 12.6. The third-order valence-electron chi connectivity index (χ3n) is 5.68. The van der Waals surface area contributed by atoms with Gasteiger partial charge in [-0.25, -0.2) is 8.42 Å². The molecule has 0 saturated heterocycles. The zero-order valence-corrected chi connectivity index (χ0v) is 18.5. The summed E-state index contributed by atoms with van der Waals surface area (Å²) < 4.78 is 29.3. The van der Waals surface area contributed by atoms with Crippen molar-refractivity contribution in [1.82, 2.24) is 4.72 Å². The zero-order chi connectivity index (χ0) is 19.3. The zero-order valence-electron chi connectivity index (χ0n) is 16.1. The van der Waals surface area contributed by atoms with E-state index in [4.69, 9.17) is 0 Å². The van der Waals surface area contributed by atoms with Crippen LogP contribution in [-0.2, 0) is 16.4 Å². The molecule has 0 aliphatic heterocycles. The van der Waals surface area contributed by atoms with Crippen molar-refractivity contribution in [2.24, 2.45) is 11.8 Å². The van der Waals surface area contributed by atoms with Crippen LogP contribution in [0.25, 0.3) is 0 Å². The number of hydrogen-bond donors (Lipinski definition) is 1. The average Bonchev–Trinajstić information content (AvgIpc) is 2.65. The highest BCUT2D eigenvalue weighted by Gasteiger charge is 2.34. The monoisotopic (exact) mass is 451 g/mol. The van der Waals surface area contributed by atoms with Crippen LogP contribution in [0.4, 0.5) is 0 Å². The molecule has 3 aliphatic rings. The number of aryl methyl sites for hydroxylation is 1. The largest absolute Gasteiger partial charge is 0.287 e. The minimum Gasteiger partial charge on any atom is -0.287 e. The lowest BCUT2D eigenvalue weighted by atomic mass is 9.69. The number of rotatable bonds is 9. The van der Waals surface area contributed by atoms with E-state index in [-0.39, 0.29) is 5.75 Å². The molecule has 27 heavy (non-hydrogen) atoms. The molecule has 0 radical (unpaired) electrons. The first-order valence-corrected chi connectivity index (χ1v) is 12.5. The van der Waals surface area contributed by atoms with Gasteiger partial charge >= 0.3 is 0 Å². The lowest BCUT2D eigenvalue weighted by molar-refractivity contribution is 0.321. The Balaban J connectivity index is 1.64. The summed E-state index contributed by atoms with van der Waals surface area (Å²) in [6, 6.07) is 7.85. The second-order valence-electron chi connectivity index (χ2n) is 7.82. The molecule has 148 valence electrons. The van der Waals surface area contributed by atoms with Crippen molar-refractivity contribution in [2.45, 2.75) is 58.3 Å². The molecule has 0 spiro atoms. The second kappa shape index (κ2) is 9.42. The Morgan fingerprint density at radius 3 is 2.74 bits per heavy atom. The molecule has 1 fully saturated rings. The van der Waals surface area contributed by atoms with Crippen LogP contribution in [0.2, 0.25) is 0 Å². The van der Waals surface area contributed by atoms with E-state index in [0.717, 1.165) is 35.0 Å². The Morgan fingerprint density at radius 1 is 1.26 bits per heavy atom. The summed E-state index contributed by atoms with van der Waals surface area (Å²) in [5, 5.41) is 0. The van der Waals surface area contributed by atoms with Gasteiger partial charge in [0.2, 0.25) is 10.0 Å². The SMILES string of the molecule is CCCCC=CC1CC2CCC1=C(NS(=O)(=O)CCc1ccc(Br)cc1)C2. The molecule has 0 amide bonds. The molecule has 2 atom stereocenters. The van der Waals surface area contributed by atoms with Crippen LogP contribution in [0.1, 0.15) is 57.4 Å². The van der Waals surface area contributed by atoms with Gasteiger partial charge in [-0.15, -0.1) is 0 Å². The summed E-state index contributed by atoms with van der Waals surface area (Å²) in [6.45, 7) is 2.21. The molecular weight excluding hydrogens is 422 g/mol. The van der Waals surface area contributed by atoms with Gasteiger partial charge in [0.05, 0.1) is 5.75 Å². The van der Waals surface area contributed by atoms with Crippen molar-refractivity contribution in [3.05, 3.63) is 57.7 Å². The second-order valence-corrected chi connectivity index (χ2v) is 10.6. The fourth-order valence-corrected chi connectivity index (χ4v) is 5.63. The fourth-order valence-electron chi connectivity index (χ4n) is 4.17. The van der Waals surface area contributed by atoms with Crippen LogP contribution in [0.15, 0.2) is 52.2 Å². The smallest absolute Gasteiger partial charge is 0.232 e. The Morgan fingerprint density at radius 2 is 2.04 bits per heavy atom. The van der Waals surface area contributed by atoms with Crippen LogP contribution in [0.3, 0.4) is 0 Å². The molecule has 0 aromatic heterocycles. The van der Waals surface area contributed by atoms with E-state index in [1.165, 1.54) is 31.3 Å². The number of benzene rings is 1. The number of sulfonamides is 1. The maximum absolute atomic E-state index is 12.6. The van der Waals surface area contributed by atoms with Gasteiger partial charge in [0.25, 0.3) is 0 Å². The molecule has 1 aromatic rings. The molecule has 2 bridgehead atoms. The Kier molecular flexibility index (Phi) is 7.21. The predicted octanol–water partition coefficient (Wildman–Crippen LogP) is 5.73. The van der Waals surface area contributed by atoms with Crippen LogP contribution in [-0.4, -0.2) is 14.2 Å². The summed E-state index contributed by atoms with van der Waals surface area (Å²) in [5.41, 5.74) is 3.36. The number of allylic oxidation sites excluding steroid dienone is 4. The summed E-state index contributed by atoms with van der Waals surface area (Å²) in [4.78, 5) is 0. The highest BCUT2D eigenvalue weighted by atomic mass is 79.9. The van der Waals surface area contributed by atoms with E-state index < -0.39 is 10.0 Å². The number of fused-ring (bicyclic) bond motifs is 3. The highest BCUT2D eigenvalue weighted by Crippen LogP contribution is 2.44. The molecule has 1 aromatic carbocycles. The van der Waals surface area contributed by atoms with Crippen molar-refractivity contribution < 1.29 is 8.42 Å². The molecule has 4 rings (SSSR count). The van der Waals surface area contributed by atoms with Gasteiger partial charge in [-0.1, -0.05) is 60.0 Å². The fraction of sp³-hybridized carbons (Fsp3) is 0.545. The lowest BCUT2D eigenvalue weighted by Gasteiger charge is -2.38. The number of nitrogens with one attached hydrogen (secondary N) is 1. The van der Waals surface area contributed by atoms with Crippen molar-refractivity contribution in [2.75, 3.05) is 5.75 Å². The maximum Gasteiger partial charge on any atom is 0.232 e. The molecule has 1 saturated carbocycles. The summed E-state index contributed by atoms with van der Waals surface area (Å²) >= 11 is 3.41. The van der Waals surface area contributed by atoms with Gasteiger partial charge < -0.3 is 0 Å². The van der Waals surface area contributed by atoms with Crippen molar-refractivity contribution in [3.8, 4) is 0 Å². The van der Waals surface area contributed by atoms with Gasteiger partial charge in [0.1, 0.15) is 0 Å². The number of halogens is 1. The van der Waals surface area contributed by atoms with Gasteiger partial charge in [0, 0.05) is 10.2 Å². The lowest BCUT2D eigenvalue weighted by Crippen LogP contribution is -2.35. The Bertz CT molecular complexity index is 796. The molecular formula is C22H30BrNO2S. The van der Waals surface area contributed by atoms with Crippen molar-refractivity contribution >= 4 is 26.0 Å². The minimum absolute atomic E-state index is 0.132. The topological polar surface area (TPSA) is 46.2 Å². The summed E-state index contributed by atoms with van der Waals surface area (Å²) in [6.07, 6.45) is 13.0. The quantitative estimate of drug-likeness (QED) is 0.384. The van der Waals surface area contributed by atoms with E-state index in [9.17, 15) is 8.42 Å². The van der Waals surface area contributed by atoms with Gasteiger partial charge in [-0.05, 0) is 73.6 Å². The molecule has 1 N–H and O–H groups in total. The van der Waals surface area contributed by atoms with Gasteiger partial charge in [-0.3, -0.25) is 4.72 Å². The standard InChI is InChI=1S/C22H30BrNO2S/c1-2-3-4-5-6-19-15-18-9-12-21(19)22(16-18)24-27(25,26)14-13-17-7-10-20(23)11-8-17/h5-8,10-11,18-19,24H,2-4,9,12-16H2,1H3. The first-order valence-electron chi connectivity index (χ1n) is 10.1. The summed E-state index contributed by atoms with van der Waals surface area (Å²) in [7, 11) is -3.31. The predicted molar refractivity (Wildman–Crippen MR) is 116 cm³/mol. The van der Waals surface area contributed by atoms with Gasteiger partial charge in [-0.2, -0.15) is 0 Å². The normalized spacial score (nSPS) is 22.6. The van der Waals surface area contributed by atoms with E-state index >= 15 is 0 Å². The molecule has 2 unspecified atom stereocenters. The van der Waals surface area contributed by atoms with E-state index in [1.807, 2.05) is 24.3 Å². The third-order valence-corrected chi connectivity index (χ3v) is 7.51. The molecule has 0 heterocycles. The Labute approximate surface area is 172 Å². The first kappa shape index (κ1) is 20.7. The Hall–Kier alpha value is -1.07. The first-order chi connectivity index (χ1) is 13.0. The molecule has 5 heteroatoms. The minimum atomic E-state index is -3.31. The van der Waals surface area contributed by atoms with E-state index in [1.54, 1.807) is 0 Å². The highest BCUT2D eigenvalue weighted by molar-refractivity contribution is 9.10. The van der Waals surface area contributed by atoms with Crippen molar-refractivity contribution in [3.63, 3.8) is 0 Å². The summed E-state index contributed by atoms with van der Waals surface area (Å²) in [5.74, 6) is 1.18. The van der Waals surface area contributed by atoms with Crippen LogP contribution in [0.5, 0.6) is 0 Å². The molecule has 3 nitrogen and oxygen atoms in total. The van der Waals surface area contributed by atoms with E-state index in [0.29, 0.717) is 18.3 Å². The average molecular weight is 452 g/mol. The molecule has 3 aliphatic carbocycles. The van der Waals surface area contributed by atoms with Crippen LogP contribution < -0.4 is 4.72 Å². The van der Waals surface area contributed by atoms with E-state index in [2.05, 4.69) is 39.7 Å². The number of unbranched alkanes of at least 4 members (excludes halogenated alkanes) is 2. The van der Waals surface area contributed by atoms with Crippen LogP contribution in [0, 0.1) is 11.8 Å². The van der Waals surface area contributed by atoms with Crippen LogP contribution >= 0.6 is 15.9 Å². The van der Waals surface area contributed by atoms with Crippen molar-refractivity contribution in [1.29, 1.82) is 0 Å². The van der Waals surface area contributed by atoms with Gasteiger partial charge in [0.15, 0.2) is 0 Å². The third kappa shape index (κ3) is 5.95.